The molecule has 0 spiro atoms. The Morgan fingerprint density at radius 2 is 1.95 bits per heavy atom. The fraction of sp³-hybridized carbons (Fsp3) is 0.375. The Labute approximate surface area is 125 Å². The number of aromatic nitrogens is 1. The van der Waals surface area contributed by atoms with Gasteiger partial charge in [-0.3, -0.25) is 9.78 Å². The summed E-state index contributed by atoms with van der Waals surface area (Å²) in [5, 5.41) is 0.965. The zero-order valence-electron chi connectivity index (χ0n) is 12.8. The van der Waals surface area contributed by atoms with E-state index in [1.165, 1.54) is 0 Å². The lowest BCUT2D eigenvalue weighted by Gasteiger charge is -2.25. The monoisotopic (exact) mass is 286 g/mol. The average molecular weight is 286 g/mol. The van der Waals surface area contributed by atoms with Crippen molar-refractivity contribution < 1.29 is 4.79 Å². The first-order chi connectivity index (χ1) is 10.1. The van der Waals surface area contributed by atoms with Gasteiger partial charge in [-0.2, -0.15) is 0 Å². The van der Waals surface area contributed by atoms with Crippen LogP contribution in [-0.4, -0.2) is 42.5 Å². The highest BCUT2D eigenvalue weighted by molar-refractivity contribution is 5.99. The van der Waals surface area contributed by atoms with Crippen LogP contribution in [0.4, 0.5) is 11.4 Å². The molecule has 2 N–H and O–H groups in total. The normalized spacial score (nSPS) is 10.6. The summed E-state index contributed by atoms with van der Waals surface area (Å²) in [6, 6.07) is 7.63. The topological polar surface area (TPSA) is 62.5 Å². The minimum absolute atomic E-state index is 0.122. The molecule has 0 unspecified atom stereocenters. The number of nitrogens with zero attached hydrogens (tertiary/aromatic N) is 3. The van der Waals surface area contributed by atoms with E-state index in [2.05, 4.69) is 4.98 Å². The van der Waals surface area contributed by atoms with Crippen LogP contribution in [-0.2, 0) is 4.79 Å². The van der Waals surface area contributed by atoms with Gasteiger partial charge in [0.2, 0.25) is 5.91 Å². The molecule has 0 bridgehead atoms. The van der Waals surface area contributed by atoms with Gasteiger partial charge in [-0.05, 0) is 38.1 Å². The predicted octanol–water partition coefficient (Wildman–Crippen LogP) is 2.12. The van der Waals surface area contributed by atoms with Gasteiger partial charge < -0.3 is 15.5 Å². The maximum atomic E-state index is 12.2. The number of pyridine rings is 1. The van der Waals surface area contributed by atoms with Crippen molar-refractivity contribution in [3.05, 3.63) is 30.5 Å². The Bertz CT molecular complexity index is 637. The summed E-state index contributed by atoms with van der Waals surface area (Å²) in [6.07, 6.45) is 1.73. The van der Waals surface area contributed by atoms with Crippen LogP contribution in [0.5, 0.6) is 0 Å². The summed E-state index contributed by atoms with van der Waals surface area (Å²) in [4.78, 5) is 20.3. The zero-order valence-corrected chi connectivity index (χ0v) is 12.8. The summed E-state index contributed by atoms with van der Waals surface area (Å²) in [7, 11) is 1.92. The fourth-order valence-corrected chi connectivity index (χ4v) is 2.48. The number of nitrogen functional groups attached to an aromatic ring is 1. The van der Waals surface area contributed by atoms with Crippen LogP contribution >= 0.6 is 0 Å². The van der Waals surface area contributed by atoms with Crippen LogP contribution in [0.25, 0.3) is 10.9 Å². The first-order valence-electron chi connectivity index (χ1n) is 7.20. The van der Waals surface area contributed by atoms with Crippen LogP contribution in [0.1, 0.15) is 13.8 Å². The summed E-state index contributed by atoms with van der Waals surface area (Å²) >= 11 is 0. The van der Waals surface area contributed by atoms with E-state index in [0.29, 0.717) is 12.2 Å². The molecule has 0 aliphatic carbocycles. The number of hydrogen-bond donors (Lipinski definition) is 1. The summed E-state index contributed by atoms with van der Waals surface area (Å²) in [5.41, 5.74) is 8.35. The van der Waals surface area contributed by atoms with E-state index in [0.717, 1.165) is 29.7 Å². The molecule has 5 nitrogen and oxygen atoms in total. The van der Waals surface area contributed by atoms with Gasteiger partial charge in [0.25, 0.3) is 0 Å². The second-order valence-electron chi connectivity index (χ2n) is 5.00. The average Bonchev–Trinajstić information content (AvgIpc) is 2.49. The molecule has 0 aliphatic heterocycles. The number of rotatable bonds is 5. The number of likely N-dealkylation sites (N-methyl/N-ethyl adjacent to an activating group) is 2. The van der Waals surface area contributed by atoms with Crippen molar-refractivity contribution >= 4 is 28.2 Å². The standard InChI is InChI=1S/C16H22N4O/c1-4-20(5-2)15(21)11-19(3)14-9-8-13(17)16-12(14)7-6-10-18-16/h6-10H,4-5,11,17H2,1-3H3. The number of anilines is 2. The van der Waals surface area contributed by atoms with Gasteiger partial charge in [-0.1, -0.05) is 0 Å². The molecule has 1 heterocycles. The molecule has 1 amide bonds. The largest absolute Gasteiger partial charge is 0.397 e. The third kappa shape index (κ3) is 3.07. The molecule has 21 heavy (non-hydrogen) atoms. The molecule has 0 fully saturated rings. The third-order valence-electron chi connectivity index (χ3n) is 3.68. The van der Waals surface area contributed by atoms with E-state index >= 15 is 0 Å². The van der Waals surface area contributed by atoms with Gasteiger partial charge in [-0.25, -0.2) is 0 Å². The lowest BCUT2D eigenvalue weighted by atomic mass is 10.1. The van der Waals surface area contributed by atoms with Crippen molar-refractivity contribution in [2.45, 2.75) is 13.8 Å². The Hall–Kier alpha value is -2.30. The molecule has 5 heteroatoms. The van der Waals surface area contributed by atoms with Crippen LogP contribution in [0.2, 0.25) is 0 Å². The maximum absolute atomic E-state index is 12.2. The first-order valence-corrected chi connectivity index (χ1v) is 7.20. The zero-order chi connectivity index (χ0) is 15.4. The van der Waals surface area contributed by atoms with E-state index < -0.39 is 0 Å². The molecule has 2 aromatic rings. The molecule has 0 radical (unpaired) electrons. The number of amides is 1. The highest BCUT2D eigenvalue weighted by Gasteiger charge is 2.15. The van der Waals surface area contributed by atoms with E-state index in [1.807, 2.05) is 55.0 Å². The highest BCUT2D eigenvalue weighted by atomic mass is 16.2. The van der Waals surface area contributed by atoms with Crippen molar-refractivity contribution in [2.24, 2.45) is 0 Å². The lowest BCUT2D eigenvalue weighted by Crippen LogP contribution is -2.38. The van der Waals surface area contributed by atoms with E-state index in [1.54, 1.807) is 6.20 Å². The summed E-state index contributed by atoms with van der Waals surface area (Å²) in [6.45, 7) is 5.78. The number of fused-ring (bicyclic) bond motifs is 1. The molecule has 2 rings (SSSR count). The van der Waals surface area contributed by atoms with Crippen LogP contribution in [0, 0.1) is 0 Å². The molecule has 112 valence electrons. The van der Waals surface area contributed by atoms with Gasteiger partial charge in [0.1, 0.15) is 0 Å². The first kappa shape index (κ1) is 15.1. The molecule has 1 aromatic heterocycles. The number of hydrogen-bond acceptors (Lipinski definition) is 4. The molecular weight excluding hydrogens is 264 g/mol. The quantitative estimate of drug-likeness (QED) is 0.855. The number of nitrogens with two attached hydrogens (primary N) is 1. The van der Waals surface area contributed by atoms with E-state index in [-0.39, 0.29) is 5.91 Å². The Morgan fingerprint density at radius 3 is 2.62 bits per heavy atom. The van der Waals surface area contributed by atoms with Crippen LogP contribution in [0.15, 0.2) is 30.5 Å². The summed E-state index contributed by atoms with van der Waals surface area (Å²) < 4.78 is 0. The number of benzene rings is 1. The van der Waals surface area contributed by atoms with Gasteiger partial charge in [-0.15, -0.1) is 0 Å². The minimum Gasteiger partial charge on any atom is -0.397 e. The fourth-order valence-electron chi connectivity index (χ4n) is 2.48. The second-order valence-corrected chi connectivity index (χ2v) is 5.00. The summed E-state index contributed by atoms with van der Waals surface area (Å²) in [5.74, 6) is 0.122. The highest BCUT2D eigenvalue weighted by Crippen LogP contribution is 2.28. The van der Waals surface area contributed by atoms with Crippen molar-refractivity contribution in [3.8, 4) is 0 Å². The van der Waals surface area contributed by atoms with Crippen molar-refractivity contribution in [3.63, 3.8) is 0 Å². The molecule has 0 saturated heterocycles. The second kappa shape index (κ2) is 6.43. The molecule has 0 atom stereocenters. The number of carbonyl (C=O) groups excluding carboxylic acids is 1. The minimum atomic E-state index is 0.122. The van der Waals surface area contributed by atoms with Crippen molar-refractivity contribution in [1.82, 2.24) is 9.88 Å². The molecule has 1 aromatic carbocycles. The van der Waals surface area contributed by atoms with Crippen LogP contribution in [0.3, 0.4) is 0 Å². The van der Waals surface area contributed by atoms with Gasteiger partial charge in [0.05, 0.1) is 17.7 Å². The van der Waals surface area contributed by atoms with Gasteiger partial charge in [0.15, 0.2) is 0 Å². The Morgan fingerprint density at radius 1 is 1.24 bits per heavy atom. The SMILES string of the molecule is CCN(CC)C(=O)CN(C)c1ccc(N)c2ncccc12. The van der Waals surface area contributed by atoms with Gasteiger partial charge >= 0.3 is 0 Å². The molecule has 0 saturated carbocycles. The third-order valence-corrected chi connectivity index (χ3v) is 3.68. The number of carbonyl (C=O) groups is 1. The maximum Gasteiger partial charge on any atom is 0.242 e. The van der Waals surface area contributed by atoms with Crippen LogP contribution < -0.4 is 10.6 Å². The lowest BCUT2D eigenvalue weighted by molar-refractivity contribution is -0.129. The van der Waals surface area contributed by atoms with E-state index in [9.17, 15) is 4.79 Å². The molecular formula is C16H22N4O. The van der Waals surface area contributed by atoms with Crippen molar-refractivity contribution in [2.75, 3.05) is 37.3 Å². The van der Waals surface area contributed by atoms with Crippen molar-refractivity contribution in [1.29, 1.82) is 0 Å². The molecule has 0 aliphatic rings. The predicted molar refractivity (Wildman–Crippen MR) is 87.4 cm³/mol. The Balaban J connectivity index is 2.30. The van der Waals surface area contributed by atoms with Gasteiger partial charge in [0, 0.05) is 37.4 Å². The Kier molecular flexibility index (Phi) is 4.62. The van der Waals surface area contributed by atoms with E-state index in [4.69, 9.17) is 5.73 Å². The smallest absolute Gasteiger partial charge is 0.242 e.